The molecule has 0 spiro atoms. The monoisotopic (exact) mass is 331 g/mol. The summed E-state index contributed by atoms with van der Waals surface area (Å²) in [5.74, 6) is -0.288. The van der Waals surface area contributed by atoms with E-state index in [4.69, 9.17) is 0 Å². The summed E-state index contributed by atoms with van der Waals surface area (Å²) in [6.45, 7) is 1.26. The van der Waals surface area contributed by atoms with Gasteiger partial charge in [0.1, 0.15) is 0 Å². The quantitative estimate of drug-likeness (QED) is 0.741. The van der Waals surface area contributed by atoms with E-state index in [0.29, 0.717) is 13.1 Å². The summed E-state index contributed by atoms with van der Waals surface area (Å²) < 4.78 is 4.00. The summed E-state index contributed by atoms with van der Waals surface area (Å²) in [5, 5.41) is 0. The molecule has 5 rings (SSSR count). The van der Waals surface area contributed by atoms with Crippen LogP contribution >= 0.6 is 0 Å². The lowest BCUT2D eigenvalue weighted by Gasteiger charge is -2.27. The van der Waals surface area contributed by atoms with E-state index in [1.807, 2.05) is 57.9 Å². The smallest absolute Gasteiger partial charge is 0.184 e. The maximum absolute atomic E-state index is 13.0. The van der Waals surface area contributed by atoms with Crippen LogP contribution in [0.4, 0.5) is 0 Å². The fourth-order valence-corrected chi connectivity index (χ4v) is 4.45. The van der Waals surface area contributed by atoms with Gasteiger partial charge in [-0.1, -0.05) is 0 Å². The molecule has 0 bridgehead atoms. The second-order valence-corrected chi connectivity index (χ2v) is 6.84. The summed E-state index contributed by atoms with van der Waals surface area (Å²) in [5.41, 5.74) is 2.51. The average molecular weight is 331 g/mol. The number of pyridine rings is 1. The highest BCUT2D eigenvalue weighted by Gasteiger charge is 2.45. The van der Waals surface area contributed by atoms with Gasteiger partial charge in [-0.25, -0.2) is 0 Å². The second-order valence-electron chi connectivity index (χ2n) is 6.84. The average Bonchev–Trinajstić information content (AvgIpc) is 3.37. The predicted molar refractivity (Wildman–Crippen MR) is 91.5 cm³/mol. The minimum absolute atomic E-state index is 0.135. The van der Waals surface area contributed by atoms with E-state index in [2.05, 4.69) is 4.98 Å². The molecule has 0 aliphatic carbocycles. The van der Waals surface area contributed by atoms with E-state index < -0.39 is 0 Å². The highest BCUT2D eigenvalue weighted by Crippen LogP contribution is 2.42. The van der Waals surface area contributed by atoms with Gasteiger partial charge in [-0.2, -0.15) is 0 Å². The zero-order valence-electron chi connectivity index (χ0n) is 13.6. The van der Waals surface area contributed by atoms with Gasteiger partial charge in [0.25, 0.3) is 0 Å². The molecular formula is C20H17N3O2. The number of ketones is 2. The Hall–Kier alpha value is -2.95. The zero-order valence-corrected chi connectivity index (χ0v) is 13.6. The Labute approximate surface area is 144 Å². The maximum Gasteiger partial charge on any atom is 0.184 e. The van der Waals surface area contributed by atoms with Crippen molar-refractivity contribution in [3.8, 4) is 0 Å². The number of nitrogens with zero attached hydrogens (tertiary/aromatic N) is 3. The van der Waals surface area contributed by atoms with Crippen molar-refractivity contribution in [3.63, 3.8) is 0 Å². The van der Waals surface area contributed by atoms with Crippen molar-refractivity contribution in [2.45, 2.75) is 19.0 Å². The lowest BCUT2D eigenvalue weighted by molar-refractivity contribution is 0.0836. The van der Waals surface area contributed by atoms with Crippen molar-refractivity contribution < 1.29 is 9.59 Å². The molecule has 0 fully saturated rings. The first-order valence-electron chi connectivity index (χ1n) is 8.52. The molecule has 0 radical (unpaired) electrons. The van der Waals surface area contributed by atoms with Crippen molar-refractivity contribution in [2.24, 2.45) is 11.8 Å². The van der Waals surface area contributed by atoms with Crippen LogP contribution in [-0.2, 0) is 13.1 Å². The van der Waals surface area contributed by atoms with Gasteiger partial charge in [-0.05, 0) is 42.0 Å². The molecule has 0 saturated carbocycles. The van der Waals surface area contributed by atoms with Gasteiger partial charge in [-0.15, -0.1) is 0 Å². The number of aromatic nitrogens is 3. The lowest BCUT2D eigenvalue weighted by atomic mass is 9.74. The van der Waals surface area contributed by atoms with Gasteiger partial charge < -0.3 is 9.13 Å². The number of rotatable bonds is 3. The summed E-state index contributed by atoms with van der Waals surface area (Å²) in [7, 11) is 0. The fourth-order valence-electron chi connectivity index (χ4n) is 4.45. The highest BCUT2D eigenvalue weighted by atomic mass is 16.1. The van der Waals surface area contributed by atoms with Crippen LogP contribution in [0.1, 0.15) is 32.5 Å². The van der Waals surface area contributed by atoms with Crippen molar-refractivity contribution in [2.75, 3.05) is 0 Å². The van der Waals surface area contributed by atoms with Crippen LogP contribution in [0.2, 0.25) is 0 Å². The highest BCUT2D eigenvalue weighted by molar-refractivity contribution is 6.02. The Kier molecular flexibility index (Phi) is 3.04. The Morgan fingerprint density at radius 2 is 1.36 bits per heavy atom. The topological polar surface area (TPSA) is 56.9 Å². The SMILES string of the molecule is O=C1c2cccn2CC1C(c1ccncc1)C1Cn2cccc2C1=O. The van der Waals surface area contributed by atoms with E-state index in [-0.39, 0.29) is 29.3 Å². The standard InChI is InChI=1S/C20H17N3O2/c24-19-14(11-22-9-1-3-16(19)22)18(13-5-7-21-8-6-13)15-12-23-10-2-4-17(23)20(15)25/h1-10,14-15,18H,11-12H2. The Balaban J connectivity index is 1.57. The molecule has 3 aromatic rings. The molecule has 0 aromatic carbocycles. The first-order valence-corrected chi connectivity index (χ1v) is 8.52. The summed E-state index contributed by atoms with van der Waals surface area (Å²) in [6, 6.07) is 11.4. The van der Waals surface area contributed by atoms with Crippen LogP contribution in [0.15, 0.2) is 61.2 Å². The number of fused-ring (bicyclic) bond motifs is 2. The van der Waals surface area contributed by atoms with Gasteiger partial charge in [-0.3, -0.25) is 14.6 Å². The molecule has 124 valence electrons. The number of carbonyl (C=O) groups is 2. The normalized spacial score (nSPS) is 22.9. The third-order valence-electron chi connectivity index (χ3n) is 5.58. The molecule has 0 amide bonds. The van der Waals surface area contributed by atoms with Crippen molar-refractivity contribution in [3.05, 3.63) is 78.1 Å². The van der Waals surface area contributed by atoms with Crippen LogP contribution in [0.3, 0.4) is 0 Å². The van der Waals surface area contributed by atoms with E-state index in [9.17, 15) is 9.59 Å². The summed E-state index contributed by atoms with van der Waals surface area (Å²) in [4.78, 5) is 30.1. The molecule has 0 N–H and O–H groups in total. The molecule has 5 heterocycles. The molecule has 2 aliphatic rings. The van der Waals surface area contributed by atoms with E-state index in [1.54, 1.807) is 12.4 Å². The van der Waals surface area contributed by atoms with Crippen LogP contribution in [0.25, 0.3) is 0 Å². The Morgan fingerprint density at radius 1 is 0.840 bits per heavy atom. The lowest BCUT2D eigenvalue weighted by Crippen LogP contribution is -2.30. The van der Waals surface area contributed by atoms with Crippen molar-refractivity contribution >= 4 is 11.6 Å². The third-order valence-corrected chi connectivity index (χ3v) is 5.58. The number of carbonyl (C=O) groups excluding carboxylic acids is 2. The molecular weight excluding hydrogens is 314 g/mol. The predicted octanol–water partition coefficient (Wildman–Crippen LogP) is 2.79. The van der Waals surface area contributed by atoms with Crippen LogP contribution in [0, 0.1) is 11.8 Å². The number of hydrogen-bond acceptors (Lipinski definition) is 3. The van der Waals surface area contributed by atoms with E-state index >= 15 is 0 Å². The number of hydrogen-bond donors (Lipinski definition) is 0. The van der Waals surface area contributed by atoms with Crippen LogP contribution in [0.5, 0.6) is 0 Å². The Bertz CT molecular complexity index is 910. The number of Topliss-reactive ketones (excluding diaryl/α,β-unsaturated/α-hetero) is 2. The minimum atomic E-state index is -0.211. The molecule has 25 heavy (non-hydrogen) atoms. The summed E-state index contributed by atoms with van der Waals surface area (Å²) >= 11 is 0. The molecule has 2 unspecified atom stereocenters. The van der Waals surface area contributed by atoms with E-state index in [0.717, 1.165) is 17.0 Å². The zero-order chi connectivity index (χ0) is 17.0. The first kappa shape index (κ1) is 14.4. The van der Waals surface area contributed by atoms with Crippen molar-refractivity contribution in [1.29, 1.82) is 0 Å². The molecule has 2 atom stereocenters. The first-order chi connectivity index (χ1) is 12.2. The van der Waals surface area contributed by atoms with Crippen molar-refractivity contribution in [1.82, 2.24) is 14.1 Å². The van der Waals surface area contributed by atoms with Gasteiger partial charge in [0.05, 0.1) is 11.4 Å². The largest absolute Gasteiger partial charge is 0.344 e. The summed E-state index contributed by atoms with van der Waals surface area (Å²) in [6.07, 6.45) is 7.36. The molecule has 3 aromatic heterocycles. The van der Waals surface area contributed by atoms with Gasteiger partial charge in [0, 0.05) is 55.6 Å². The maximum atomic E-state index is 13.0. The third kappa shape index (κ3) is 2.05. The van der Waals surface area contributed by atoms with Gasteiger partial charge in [0.2, 0.25) is 0 Å². The van der Waals surface area contributed by atoms with Gasteiger partial charge in [0.15, 0.2) is 11.6 Å². The van der Waals surface area contributed by atoms with E-state index in [1.165, 1.54) is 0 Å². The second kappa shape index (κ2) is 5.28. The fraction of sp³-hybridized carbons (Fsp3) is 0.250. The molecule has 0 saturated heterocycles. The minimum Gasteiger partial charge on any atom is -0.344 e. The molecule has 5 nitrogen and oxygen atoms in total. The molecule has 2 aliphatic heterocycles. The van der Waals surface area contributed by atoms with Gasteiger partial charge >= 0.3 is 0 Å². The molecule has 5 heteroatoms. The van der Waals surface area contributed by atoms with Crippen LogP contribution in [-0.4, -0.2) is 25.7 Å². The van der Waals surface area contributed by atoms with Crippen LogP contribution < -0.4 is 0 Å². The Morgan fingerprint density at radius 3 is 1.84 bits per heavy atom.